The van der Waals surface area contributed by atoms with E-state index in [4.69, 9.17) is 9.47 Å². The van der Waals surface area contributed by atoms with Crippen molar-refractivity contribution in [3.05, 3.63) is 47.3 Å². The van der Waals surface area contributed by atoms with Crippen molar-refractivity contribution >= 4 is 11.9 Å². The van der Waals surface area contributed by atoms with Crippen molar-refractivity contribution in [1.29, 1.82) is 0 Å². The van der Waals surface area contributed by atoms with Gasteiger partial charge in [-0.1, -0.05) is 32.0 Å². The van der Waals surface area contributed by atoms with Crippen molar-refractivity contribution < 1.29 is 23.5 Å². The molecule has 3 saturated carbocycles. The predicted octanol–water partition coefficient (Wildman–Crippen LogP) is 6.40. The van der Waals surface area contributed by atoms with E-state index in [1.807, 2.05) is 18.2 Å². The van der Waals surface area contributed by atoms with Gasteiger partial charge in [0.05, 0.1) is 5.56 Å². The molecule has 7 atom stereocenters. The first-order chi connectivity index (χ1) is 15.7. The van der Waals surface area contributed by atoms with Crippen LogP contribution in [0.25, 0.3) is 0 Å². The summed E-state index contributed by atoms with van der Waals surface area (Å²) < 4.78 is 27.2. The van der Waals surface area contributed by atoms with Gasteiger partial charge < -0.3 is 9.47 Å². The number of fused-ring (bicyclic) bond motifs is 5. The van der Waals surface area contributed by atoms with Crippen LogP contribution in [0.2, 0.25) is 0 Å². The Hall–Kier alpha value is -2.17. The largest absolute Gasteiger partial charge is 0.462 e. The van der Waals surface area contributed by atoms with Gasteiger partial charge >= 0.3 is 11.9 Å². The minimum absolute atomic E-state index is 0.0133. The van der Waals surface area contributed by atoms with Crippen LogP contribution < -0.4 is 0 Å². The highest BCUT2D eigenvalue weighted by atomic mass is 19.1. The Labute approximate surface area is 195 Å². The third kappa shape index (κ3) is 3.72. The SMILES string of the molecule is CC(=O)OC1CC[C@H]2[C@@H]3CC(F)=C4C[C@@H](OC(=O)c5ccccc5)CC[C@]4(C)[C@H]3CC[C@]12C. The Balaban J connectivity index is 1.35. The average molecular weight is 455 g/mol. The monoisotopic (exact) mass is 454 g/mol. The van der Waals surface area contributed by atoms with Crippen LogP contribution in [0.5, 0.6) is 0 Å². The van der Waals surface area contributed by atoms with E-state index in [2.05, 4.69) is 13.8 Å². The molecule has 0 bridgehead atoms. The second kappa shape index (κ2) is 8.25. The summed E-state index contributed by atoms with van der Waals surface area (Å²) in [5.74, 6) is 0.595. The van der Waals surface area contributed by atoms with Crippen molar-refractivity contribution in [2.75, 3.05) is 0 Å². The van der Waals surface area contributed by atoms with Gasteiger partial charge in [-0.15, -0.1) is 0 Å². The minimum Gasteiger partial charge on any atom is -0.462 e. The molecular formula is C28H35FO4. The Bertz CT molecular complexity index is 971. The lowest BCUT2D eigenvalue weighted by Crippen LogP contribution is -2.52. The second-order valence-electron chi connectivity index (χ2n) is 11.2. The molecule has 1 aromatic rings. The van der Waals surface area contributed by atoms with Gasteiger partial charge in [-0.2, -0.15) is 0 Å². The molecule has 0 saturated heterocycles. The van der Waals surface area contributed by atoms with E-state index in [9.17, 15) is 9.59 Å². The Morgan fingerprint density at radius 2 is 1.70 bits per heavy atom. The summed E-state index contributed by atoms with van der Waals surface area (Å²) in [4.78, 5) is 24.2. The van der Waals surface area contributed by atoms with E-state index in [-0.39, 0.29) is 40.8 Å². The van der Waals surface area contributed by atoms with Gasteiger partial charge in [0, 0.05) is 25.2 Å². The summed E-state index contributed by atoms with van der Waals surface area (Å²) in [7, 11) is 0. The average Bonchev–Trinajstić information content (AvgIpc) is 3.11. The lowest BCUT2D eigenvalue weighted by molar-refractivity contribution is -0.157. The molecule has 1 aromatic carbocycles. The molecule has 3 fully saturated rings. The number of ether oxygens (including phenoxy) is 2. The molecule has 4 nitrogen and oxygen atoms in total. The number of halogens is 1. The molecule has 0 aliphatic heterocycles. The van der Waals surface area contributed by atoms with Gasteiger partial charge in [0.1, 0.15) is 18.0 Å². The van der Waals surface area contributed by atoms with E-state index in [1.165, 1.54) is 6.92 Å². The second-order valence-corrected chi connectivity index (χ2v) is 11.2. The van der Waals surface area contributed by atoms with Gasteiger partial charge in [0.2, 0.25) is 0 Å². The topological polar surface area (TPSA) is 52.6 Å². The Morgan fingerprint density at radius 1 is 0.939 bits per heavy atom. The number of carbonyl (C=O) groups excluding carboxylic acids is 2. The molecule has 0 aromatic heterocycles. The quantitative estimate of drug-likeness (QED) is 0.496. The number of esters is 2. The fourth-order valence-corrected chi connectivity index (χ4v) is 7.94. The fourth-order valence-electron chi connectivity index (χ4n) is 7.94. The van der Waals surface area contributed by atoms with Gasteiger partial charge in [-0.05, 0) is 79.4 Å². The Kier molecular flexibility index (Phi) is 5.65. The molecule has 33 heavy (non-hydrogen) atoms. The highest BCUT2D eigenvalue weighted by Crippen LogP contribution is 2.66. The van der Waals surface area contributed by atoms with Crippen LogP contribution in [0.1, 0.15) is 82.5 Å². The molecule has 0 radical (unpaired) electrons. The third-order valence-corrected chi connectivity index (χ3v) is 9.61. The predicted molar refractivity (Wildman–Crippen MR) is 123 cm³/mol. The molecule has 1 unspecified atom stereocenters. The van der Waals surface area contributed by atoms with E-state index in [0.717, 1.165) is 44.1 Å². The van der Waals surface area contributed by atoms with Crippen molar-refractivity contribution in [1.82, 2.24) is 0 Å². The van der Waals surface area contributed by atoms with Crippen molar-refractivity contribution in [3.63, 3.8) is 0 Å². The van der Waals surface area contributed by atoms with Crippen molar-refractivity contribution in [3.8, 4) is 0 Å². The van der Waals surface area contributed by atoms with Crippen LogP contribution in [-0.4, -0.2) is 24.1 Å². The molecule has 0 N–H and O–H groups in total. The lowest BCUT2D eigenvalue weighted by atomic mass is 9.47. The van der Waals surface area contributed by atoms with Gasteiger partial charge in [0.25, 0.3) is 0 Å². The smallest absolute Gasteiger partial charge is 0.338 e. The standard InChI is InChI=1S/C28H35FO4/c1-17(30)32-25-10-9-21-20-16-24(29)23-15-19(33-26(31)18-7-5-4-6-8-18)11-13-27(23,2)22(20)12-14-28(21,25)3/h4-8,19-22,25H,9-16H2,1-3H3/t19-,20-,21-,22-,25?,27+,28-/m0/s1. The van der Waals surface area contributed by atoms with Crippen LogP contribution in [0, 0.1) is 28.6 Å². The normalized spacial score (nSPS) is 39.8. The molecular weight excluding hydrogens is 419 g/mol. The van der Waals surface area contributed by atoms with Gasteiger partial charge in [-0.25, -0.2) is 9.18 Å². The van der Waals surface area contributed by atoms with Crippen molar-refractivity contribution in [2.24, 2.45) is 28.6 Å². The Morgan fingerprint density at radius 3 is 2.42 bits per heavy atom. The van der Waals surface area contributed by atoms with Crippen molar-refractivity contribution in [2.45, 2.75) is 84.3 Å². The maximum atomic E-state index is 15.7. The third-order valence-electron chi connectivity index (χ3n) is 9.61. The molecule has 5 rings (SSSR count). The number of benzene rings is 1. The molecule has 4 aliphatic rings. The molecule has 178 valence electrons. The van der Waals surface area contributed by atoms with Crippen LogP contribution in [0.15, 0.2) is 41.7 Å². The maximum Gasteiger partial charge on any atom is 0.338 e. The summed E-state index contributed by atoms with van der Waals surface area (Å²) >= 11 is 0. The van der Waals surface area contributed by atoms with E-state index >= 15 is 4.39 Å². The fraction of sp³-hybridized carbons (Fsp3) is 0.643. The van der Waals surface area contributed by atoms with E-state index < -0.39 is 0 Å². The van der Waals surface area contributed by atoms with Crippen LogP contribution in [0.3, 0.4) is 0 Å². The summed E-state index contributed by atoms with van der Waals surface area (Å²) in [6, 6.07) is 9.03. The first-order valence-corrected chi connectivity index (χ1v) is 12.5. The number of carbonyl (C=O) groups is 2. The number of hydrogen-bond acceptors (Lipinski definition) is 4. The highest BCUT2D eigenvalue weighted by Gasteiger charge is 2.61. The van der Waals surface area contributed by atoms with E-state index in [1.54, 1.807) is 12.1 Å². The zero-order valence-corrected chi connectivity index (χ0v) is 19.9. The molecule has 5 heteroatoms. The van der Waals surface area contributed by atoms with Crippen LogP contribution >= 0.6 is 0 Å². The summed E-state index contributed by atoms with van der Waals surface area (Å²) in [5, 5.41) is 0. The number of allylic oxidation sites excluding steroid dienone is 1. The molecule has 0 amide bonds. The zero-order valence-electron chi connectivity index (χ0n) is 19.9. The zero-order chi connectivity index (χ0) is 23.4. The first-order valence-electron chi connectivity index (χ1n) is 12.5. The lowest BCUT2D eigenvalue weighted by Gasteiger charge is -2.58. The van der Waals surface area contributed by atoms with E-state index in [0.29, 0.717) is 36.2 Å². The summed E-state index contributed by atoms with van der Waals surface area (Å²) in [5.41, 5.74) is 1.20. The molecule has 0 heterocycles. The van der Waals surface area contributed by atoms with Gasteiger partial charge in [-0.3, -0.25) is 4.79 Å². The first kappa shape index (κ1) is 22.6. The van der Waals surface area contributed by atoms with Crippen LogP contribution in [-0.2, 0) is 14.3 Å². The molecule has 4 aliphatic carbocycles. The summed E-state index contributed by atoms with van der Waals surface area (Å²) in [6.45, 7) is 5.99. The van der Waals surface area contributed by atoms with Crippen LogP contribution in [0.4, 0.5) is 4.39 Å². The van der Waals surface area contributed by atoms with Gasteiger partial charge in [0.15, 0.2) is 0 Å². The number of hydrogen-bond donors (Lipinski definition) is 0. The maximum absolute atomic E-state index is 15.7. The minimum atomic E-state index is -0.324. The summed E-state index contributed by atoms with van der Waals surface area (Å²) in [6.07, 6.45) is 6.23. The highest BCUT2D eigenvalue weighted by molar-refractivity contribution is 5.89. The molecule has 0 spiro atoms. The number of rotatable bonds is 3.